The van der Waals surface area contributed by atoms with Gasteiger partial charge >= 0.3 is 0 Å². The highest BCUT2D eigenvalue weighted by atomic mass is 35.5. The van der Waals surface area contributed by atoms with Crippen LogP contribution in [-0.4, -0.2) is 18.2 Å². The Kier molecular flexibility index (Phi) is 4.36. The van der Waals surface area contributed by atoms with Crippen molar-refractivity contribution in [1.29, 1.82) is 0 Å². The van der Waals surface area contributed by atoms with Gasteiger partial charge in [0, 0.05) is 24.8 Å². The summed E-state index contributed by atoms with van der Waals surface area (Å²) >= 11 is 5.61. The highest BCUT2D eigenvalue weighted by Crippen LogP contribution is 2.20. The molecule has 5 nitrogen and oxygen atoms in total. The maximum absolute atomic E-state index is 13.1. The van der Waals surface area contributed by atoms with Crippen LogP contribution >= 0.6 is 11.6 Å². The molecule has 2 rings (SSSR count). The number of aryl methyl sites for hydroxylation is 2. The number of hydrogen-bond donors (Lipinski definition) is 1. The quantitative estimate of drug-likeness (QED) is 0.935. The Morgan fingerprint density at radius 3 is 2.57 bits per heavy atom. The second kappa shape index (κ2) is 5.75. The Bertz CT molecular complexity index is 787. The molecule has 1 heterocycles. The first-order valence-corrected chi connectivity index (χ1v) is 8.02. The Hall–Kier alpha value is -1.44. The molecule has 0 bridgehead atoms. The monoisotopic (exact) mass is 331 g/mol. The molecule has 0 saturated heterocycles. The van der Waals surface area contributed by atoms with Gasteiger partial charge in [0.15, 0.2) is 0 Å². The molecule has 0 spiro atoms. The van der Waals surface area contributed by atoms with E-state index in [1.165, 1.54) is 6.07 Å². The first-order chi connectivity index (χ1) is 9.72. The Labute approximate surface area is 127 Å². The molecule has 1 aromatic carbocycles. The predicted octanol–water partition coefficient (Wildman–Crippen LogP) is 2.31. The van der Waals surface area contributed by atoms with Crippen LogP contribution in [0, 0.1) is 19.7 Å². The van der Waals surface area contributed by atoms with Crippen LogP contribution in [0.2, 0.25) is 5.02 Å². The van der Waals surface area contributed by atoms with Crippen LogP contribution < -0.4 is 4.72 Å². The third-order valence-electron chi connectivity index (χ3n) is 3.30. The SMILES string of the molecule is Cc1nn(C)c(C)c1CNS(=O)(=O)c1ccc(F)c(Cl)c1. The number of nitrogens with zero attached hydrogens (tertiary/aromatic N) is 2. The zero-order valence-corrected chi connectivity index (χ0v) is 13.4. The van der Waals surface area contributed by atoms with E-state index < -0.39 is 15.8 Å². The van der Waals surface area contributed by atoms with Crippen molar-refractivity contribution in [2.45, 2.75) is 25.3 Å². The lowest BCUT2D eigenvalue weighted by atomic mass is 10.2. The van der Waals surface area contributed by atoms with Gasteiger partial charge in [-0.2, -0.15) is 5.10 Å². The fourth-order valence-corrected chi connectivity index (χ4v) is 3.23. The number of nitrogens with one attached hydrogen (secondary N) is 1. The highest BCUT2D eigenvalue weighted by Gasteiger charge is 2.18. The van der Waals surface area contributed by atoms with Gasteiger partial charge in [-0.1, -0.05) is 11.6 Å². The molecular formula is C13H15ClFN3O2S. The van der Waals surface area contributed by atoms with Crippen LogP contribution in [0.3, 0.4) is 0 Å². The van der Waals surface area contributed by atoms with E-state index in [0.717, 1.165) is 29.1 Å². The van der Waals surface area contributed by atoms with Gasteiger partial charge in [0.2, 0.25) is 10.0 Å². The van der Waals surface area contributed by atoms with Gasteiger partial charge in [-0.25, -0.2) is 17.5 Å². The van der Waals surface area contributed by atoms with Crippen LogP contribution in [0.5, 0.6) is 0 Å². The lowest BCUT2D eigenvalue weighted by Gasteiger charge is -2.08. The van der Waals surface area contributed by atoms with E-state index in [1.807, 2.05) is 13.8 Å². The number of rotatable bonds is 4. The summed E-state index contributed by atoms with van der Waals surface area (Å²) in [4.78, 5) is -0.0758. The molecule has 0 unspecified atom stereocenters. The molecule has 0 aliphatic heterocycles. The van der Waals surface area contributed by atoms with E-state index in [4.69, 9.17) is 11.6 Å². The van der Waals surface area contributed by atoms with Crippen molar-refractivity contribution in [3.05, 3.63) is 46.0 Å². The van der Waals surface area contributed by atoms with Crippen molar-refractivity contribution in [2.24, 2.45) is 7.05 Å². The number of benzene rings is 1. The van der Waals surface area contributed by atoms with Gasteiger partial charge in [0.05, 0.1) is 15.6 Å². The number of halogens is 2. The van der Waals surface area contributed by atoms with Crippen LogP contribution in [0.15, 0.2) is 23.1 Å². The standard InChI is InChI=1S/C13H15ClFN3O2S/c1-8-11(9(2)18(3)17-8)7-16-21(19,20)10-4-5-13(15)12(14)6-10/h4-6,16H,7H2,1-3H3. The Balaban J connectivity index is 2.23. The molecule has 0 aliphatic carbocycles. The number of aromatic nitrogens is 2. The number of sulfonamides is 1. The Morgan fingerprint density at radius 1 is 1.38 bits per heavy atom. The van der Waals surface area contributed by atoms with Crippen molar-refractivity contribution >= 4 is 21.6 Å². The highest BCUT2D eigenvalue weighted by molar-refractivity contribution is 7.89. The summed E-state index contributed by atoms with van der Waals surface area (Å²) < 4.78 is 41.6. The average Bonchev–Trinajstić information content (AvgIpc) is 2.64. The van der Waals surface area contributed by atoms with Gasteiger partial charge in [-0.15, -0.1) is 0 Å². The fraction of sp³-hybridized carbons (Fsp3) is 0.308. The third kappa shape index (κ3) is 3.25. The molecular weight excluding hydrogens is 317 g/mol. The molecule has 0 amide bonds. The lowest BCUT2D eigenvalue weighted by molar-refractivity contribution is 0.580. The number of hydrogen-bond acceptors (Lipinski definition) is 3. The fourth-order valence-electron chi connectivity index (χ4n) is 1.97. The van der Waals surface area contributed by atoms with Crippen LogP contribution in [0.4, 0.5) is 4.39 Å². The maximum atomic E-state index is 13.1. The van der Waals surface area contributed by atoms with Gasteiger partial charge in [-0.05, 0) is 32.0 Å². The summed E-state index contributed by atoms with van der Waals surface area (Å²) in [7, 11) is -1.97. The second-order valence-electron chi connectivity index (χ2n) is 4.67. The van der Waals surface area contributed by atoms with Gasteiger partial charge in [-0.3, -0.25) is 4.68 Å². The zero-order valence-electron chi connectivity index (χ0n) is 11.8. The average molecular weight is 332 g/mol. The molecule has 2 aromatic rings. The minimum Gasteiger partial charge on any atom is -0.272 e. The van der Waals surface area contributed by atoms with Crippen molar-refractivity contribution in [2.75, 3.05) is 0 Å². The first-order valence-electron chi connectivity index (χ1n) is 6.16. The van der Waals surface area contributed by atoms with Crippen molar-refractivity contribution in [3.8, 4) is 0 Å². The minimum atomic E-state index is -3.76. The summed E-state index contributed by atoms with van der Waals surface area (Å²) in [5.41, 5.74) is 2.46. The summed E-state index contributed by atoms with van der Waals surface area (Å²) in [5.74, 6) is -0.658. The van der Waals surface area contributed by atoms with Crippen molar-refractivity contribution < 1.29 is 12.8 Å². The van der Waals surface area contributed by atoms with E-state index in [1.54, 1.807) is 11.7 Å². The van der Waals surface area contributed by atoms with Crippen molar-refractivity contribution in [3.63, 3.8) is 0 Å². The van der Waals surface area contributed by atoms with E-state index in [-0.39, 0.29) is 16.5 Å². The van der Waals surface area contributed by atoms with Crippen LogP contribution in [0.1, 0.15) is 17.0 Å². The van der Waals surface area contributed by atoms with Gasteiger partial charge < -0.3 is 0 Å². The van der Waals surface area contributed by atoms with E-state index in [9.17, 15) is 12.8 Å². The molecule has 21 heavy (non-hydrogen) atoms. The maximum Gasteiger partial charge on any atom is 0.240 e. The topological polar surface area (TPSA) is 64.0 Å². The van der Waals surface area contributed by atoms with E-state index >= 15 is 0 Å². The minimum absolute atomic E-state index is 0.0758. The molecule has 0 fully saturated rings. The Morgan fingerprint density at radius 2 is 2.05 bits per heavy atom. The van der Waals surface area contributed by atoms with Gasteiger partial charge in [0.25, 0.3) is 0 Å². The lowest BCUT2D eigenvalue weighted by Crippen LogP contribution is -2.24. The van der Waals surface area contributed by atoms with Crippen LogP contribution in [-0.2, 0) is 23.6 Å². The van der Waals surface area contributed by atoms with Crippen LogP contribution in [0.25, 0.3) is 0 Å². The van der Waals surface area contributed by atoms with Gasteiger partial charge in [0.1, 0.15) is 5.82 Å². The molecule has 1 N–H and O–H groups in total. The summed E-state index contributed by atoms with van der Waals surface area (Å²) in [5, 5.41) is 3.99. The molecule has 0 atom stereocenters. The third-order valence-corrected chi connectivity index (χ3v) is 4.99. The van der Waals surface area contributed by atoms with E-state index in [2.05, 4.69) is 9.82 Å². The zero-order chi connectivity index (χ0) is 15.8. The summed E-state index contributed by atoms with van der Waals surface area (Å²) in [6.07, 6.45) is 0. The first kappa shape index (κ1) is 15.9. The predicted molar refractivity (Wildman–Crippen MR) is 78.1 cm³/mol. The van der Waals surface area contributed by atoms with E-state index in [0.29, 0.717) is 0 Å². The summed E-state index contributed by atoms with van der Waals surface area (Å²) in [6, 6.07) is 3.28. The molecule has 0 saturated carbocycles. The molecule has 8 heteroatoms. The summed E-state index contributed by atoms with van der Waals surface area (Å²) in [6.45, 7) is 3.78. The molecule has 0 radical (unpaired) electrons. The molecule has 0 aliphatic rings. The largest absolute Gasteiger partial charge is 0.272 e. The van der Waals surface area contributed by atoms with Crippen molar-refractivity contribution in [1.82, 2.24) is 14.5 Å². The molecule has 114 valence electrons. The smallest absolute Gasteiger partial charge is 0.240 e. The normalized spacial score (nSPS) is 11.9. The molecule has 1 aromatic heterocycles. The second-order valence-corrected chi connectivity index (χ2v) is 6.85.